The number of nitrogens with zero attached hydrogens (tertiary/aromatic N) is 2. The van der Waals surface area contributed by atoms with Crippen LogP contribution in [-0.4, -0.2) is 37.0 Å². The van der Waals surface area contributed by atoms with E-state index in [9.17, 15) is 9.18 Å². The number of rotatable bonds is 5. The Morgan fingerprint density at radius 3 is 2.36 bits per heavy atom. The molecule has 1 heterocycles. The van der Waals surface area contributed by atoms with Gasteiger partial charge >= 0.3 is 0 Å². The van der Waals surface area contributed by atoms with Crippen molar-refractivity contribution >= 4 is 11.6 Å². The molecule has 1 aliphatic rings. The summed E-state index contributed by atoms with van der Waals surface area (Å²) in [5, 5.41) is 0. The Kier molecular flexibility index (Phi) is 5.69. The molecule has 4 heteroatoms. The number of para-hydroxylation sites is 1. The third kappa shape index (κ3) is 4.59. The van der Waals surface area contributed by atoms with E-state index in [2.05, 4.69) is 31.2 Å². The number of benzene rings is 2. The van der Waals surface area contributed by atoms with Crippen LogP contribution in [0.2, 0.25) is 0 Å². The molecule has 0 unspecified atom stereocenters. The lowest BCUT2D eigenvalue weighted by molar-refractivity contribution is -0.131. The normalized spacial score (nSPS) is 14.6. The smallest absolute Gasteiger partial charge is 0.222 e. The van der Waals surface area contributed by atoms with Crippen molar-refractivity contribution < 1.29 is 9.18 Å². The minimum absolute atomic E-state index is 0.194. The van der Waals surface area contributed by atoms with Crippen LogP contribution in [0.5, 0.6) is 0 Å². The predicted octanol–water partition coefficient (Wildman–Crippen LogP) is 3.81. The number of hydrogen-bond donors (Lipinski definition) is 0. The average molecular weight is 340 g/mol. The Labute approximate surface area is 149 Å². The molecule has 0 aromatic heterocycles. The Bertz CT molecular complexity index is 706. The van der Waals surface area contributed by atoms with Crippen molar-refractivity contribution in [3.05, 3.63) is 65.5 Å². The van der Waals surface area contributed by atoms with Gasteiger partial charge in [0, 0.05) is 32.6 Å². The fourth-order valence-corrected chi connectivity index (χ4v) is 3.26. The van der Waals surface area contributed by atoms with Crippen LogP contribution < -0.4 is 4.90 Å². The highest BCUT2D eigenvalue weighted by atomic mass is 19.1. The van der Waals surface area contributed by atoms with Crippen molar-refractivity contribution in [2.75, 3.05) is 31.1 Å². The summed E-state index contributed by atoms with van der Waals surface area (Å²) in [5.74, 6) is 0.0145. The zero-order chi connectivity index (χ0) is 17.6. The van der Waals surface area contributed by atoms with Gasteiger partial charge in [0.1, 0.15) is 5.82 Å². The lowest BCUT2D eigenvalue weighted by atomic mass is 10.1. The molecule has 2 aromatic rings. The first-order valence-electron chi connectivity index (χ1n) is 8.96. The van der Waals surface area contributed by atoms with Gasteiger partial charge in [0.2, 0.25) is 5.91 Å². The van der Waals surface area contributed by atoms with Crippen molar-refractivity contribution in [3.8, 4) is 0 Å². The molecule has 1 saturated heterocycles. The first kappa shape index (κ1) is 17.5. The fraction of sp³-hybridized carbons (Fsp3) is 0.381. The van der Waals surface area contributed by atoms with Crippen LogP contribution in [0.15, 0.2) is 48.5 Å². The van der Waals surface area contributed by atoms with Gasteiger partial charge < -0.3 is 9.80 Å². The summed E-state index contributed by atoms with van der Waals surface area (Å²) in [6.45, 7) is 4.78. The summed E-state index contributed by atoms with van der Waals surface area (Å²) >= 11 is 0. The number of halogens is 1. The predicted molar refractivity (Wildman–Crippen MR) is 99.3 cm³/mol. The van der Waals surface area contributed by atoms with Gasteiger partial charge in [0.05, 0.1) is 5.69 Å². The first-order valence-corrected chi connectivity index (χ1v) is 8.96. The van der Waals surface area contributed by atoms with E-state index in [1.165, 1.54) is 17.2 Å². The van der Waals surface area contributed by atoms with Crippen LogP contribution >= 0.6 is 0 Å². The minimum atomic E-state index is -0.194. The van der Waals surface area contributed by atoms with E-state index in [1.54, 1.807) is 12.1 Å². The highest BCUT2D eigenvalue weighted by Gasteiger charge is 2.22. The van der Waals surface area contributed by atoms with Crippen molar-refractivity contribution in [1.82, 2.24) is 4.90 Å². The van der Waals surface area contributed by atoms with Crippen LogP contribution in [-0.2, 0) is 11.2 Å². The highest BCUT2D eigenvalue weighted by Crippen LogP contribution is 2.20. The molecule has 25 heavy (non-hydrogen) atoms. The second-order valence-electron chi connectivity index (χ2n) is 6.66. The summed E-state index contributed by atoms with van der Waals surface area (Å²) in [5.41, 5.74) is 3.17. The average Bonchev–Trinajstić information content (AvgIpc) is 2.64. The molecule has 3 rings (SSSR count). The summed E-state index contributed by atoms with van der Waals surface area (Å²) < 4.78 is 13.9. The molecule has 0 aliphatic carbocycles. The zero-order valence-corrected chi connectivity index (χ0v) is 14.7. The Hall–Kier alpha value is -2.36. The number of hydrogen-bond acceptors (Lipinski definition) is 2. The molecule has 1 aliphatic heterocycles. The molecule has 1 fully saturated rings. The van der Waals surface area contributed by atoms with Crippen molar-refractivity contribution in [1.29, 1.82) is 0 Å². The van der Waals surface area contributed by atoms with E-state index >= 15 is 0 Å². The van der Waals surface area contributed by atoms with E-state index in [4.69, 9.17) is 0 Å². The van der Waals surface area contributed by atoms with Gasteiger partial charge in [-0.3, -0.25) is 4.79 Å². The number of aryl methyl sites for hydroxylation is 2. The van der Waals surface area contributed by atoms with Crippen molar-refractivity contribution in [3.63, 3.8) is 0 Å². The number of piperazine rings is 1. The maximum atomic E-state index is 13.9. The summed E-state index contributed by atoms with van der Waals surface area (Å²) in [6, 6.07) is 15.3. The molecule has 0 atom stereocenters. The molecule has 0 saturated carbocycles. The topological polar surface area (TPSA) is 23.6 Å². The van der Waals surface area contributed by atoms with Gasteiger partial charge in [-0.2, -0.15) is 0 Å². The van der Waals surface area contributed by atoms with Crippen molar-refractivity contribution in [2.24, 2.45) is 0 Å². The molecular formula is C21H25FN2O. The van der Waals surface area contributed by atoms with Crippen LogP contribution in [0.4, 0.5) is 10.1 Å². The molecule has 0 bridgehead atoms. The maximum absolute atomic E-state index is 13.9. The lowest BCUT2D eigenvalue weighted by Crippen LogP contribution is -2.49. The minimum Gasteiger partial charge on any atom is -0.366 e. The molecule has 2 aromatic carbocycles. The molecule has 1 amide bonds. The van der Waals surface area contributed by atoms with Gasteiger partial charge in [0.15, 0.2) is 0 Å². The fourth-order valence-electron chi connectivity index (χ4n) is 3.26. The van der Waals surface area contributed by atoms with E-state index in [0.717, 1.165) is 12.8 Å². The van der Waals surface area contributed by atoms with Gasteiger partial charge in [-0.1, -0.05) is 42.0 Å². The zero-order valence-electron chi connectivity index (χ0n) is 14.7. The molecule has 132 valence electrons. The lowest BCUT2D eigenvalue weighted by Gasteiger charge is -2.36. The van der Waals surface area contributed by atoms with Gasteiger partial charge in [-0.05, 0) is 37.5 Å². The van der Waals surface area contributed by atoms with Gasteiger partial charge in [-0.25, -0.2) is 4.39 Å². The second kappa shape index (κ2) is 8.15. The second-order valence-corrected chi connectivity index (χ2v) is 6.66. The number of carbonyl (C=O) groups excluding carboxylic acids is 1. The highest BCUT2D eigenvalue weighted by molar-refractivity contribution is 5.76. The molecule has 3 nitrogen and oxygen atoms in total. The largest absolute Gasteiger partial charge is 0.366 e. The molecule has 0 spiro atoms. The van der Waals surface area contributed by atoms with Gasteiger partial charge in [0.25, 0.3) is 0 Å². The number of anilines is 1. The van der Waals surface area contributed by atoms with E-state index < -0.39 is 0 Å². The third-order valence-corrected chi connectivity index (χ3v) is 4.80. The Morgan fingerprint density at radius 2 is 1.68 bits per heavy atom. The first-order chi connectivity index (χ1) is 12.1. The summed E-state index contributed by atoms with van der Waals surface area (Å²) in [4.78, 5) is 16.3. The Morgan fingerprint density at radius 1 is 1.00 bits per heavy atom. The SMILES string of the molecule is Cc1ccc(CCCC(=O)N2CCN(c3ccccc3F)CC2)cc1. The van der Waals surface area contributed by atoms with Crippen LogP contribution in [0.3, 0.4) is 0 Å². The van der Waals surface area contributed by atoms with E-state index in [0.29, 0.717) is 38.3 Å². The van der Waals surface area contributed by atoms with Crippen LogP contribution in [0, 0.1) is 12.7 Å². The maximum Gasteiger partial charge on any atom is 0.222 e. The third-order valence-electron chi connectivity index (χ3n) is 4.80. The number of carbonyl (C=O) groups is 1. The summed E-state index contributed by atoms with van der Waals surface area (Å²) in [7, 11) is 0. The number of amides is 1. The molecular weight excluding hydrogens is 315 g/mol. The quantitative estimate of drug-likeness (QED) is 0.826. The Balaban J connectivity index is 1.44. The van der Waals surface area contributed by atoms with Crippen LogP contribution in [0.1, 0.15) is 24.0 Å². The van der Waals surface area contributed by atoms with E-state index in [-0.39, 0.29) is 11.7 Å². The molecule has 0 radical (unpaired) electrons. The van der Waals surface area contributed by atoms with Crippen molar-refractivity contribution in [2.45, 2.75) is 26.2 Å². The van der Waals surface area contributed by atoms with Gasteiger partial charge in [-0.15, -0.1) is 0 Å². The molecule has 0 N–H and O–H groups in total. The van der Waals surface area contributed by atoms with E-state index in [1.807, 2.05) is 15.9 Å². The monoisotopic (exact) mass is 340 g/mol. The standard InChI is InChI=1S/C21H25FN2O/c1-17-9-11-18(12-10-17)5-4-8-21(25)24-15-13-23(14-16-24)20-7-3-2-6-19(20)22/h2-3,6-7,9-12H,4-5,8,13-16H2,1H3. The summed E-state index contributed by atoms with van der Waals surface area (Å²) in [6.07, 6.45) is 2.38. The van der Waals surface area contributed by atoms with Crippen LogP contribution in [0.25, 0.3) is 0 Å².